The molecule has 2 N–H and O–H groups in total. The summed E-state index contributed by atoms with van der Waals surface area (Å²) in [6.45, 7) is 2.48. The summed E-state index contributed by atoms with van der Waals surface area (Å²) in [6, 6.07) is 6.99. The predicted molar refractivity (Wildman–Crippen MR) is 101 cm³/mol. The second-order valence-electron chi connectivity index (χ2n) is 6.59. The monoisotopic (exact) mass is 387 g/mol. The van der Waals surface area contributed by atoms with Crippen molar-refractivity contribution in [3.8, 4) is 0 Å². The largest absolute Gasteiger partial charge is 0.376 e. The molecule has 1 saturated carbocycles. The maximum Gasteiger partial charge on any atom is 0.263 e. The molecule has 2 atom stereocenters. The molecule has 2 aromatic rings. The molecular formula is C20H22FN3O4. The van der Waals surface area contributed by atoms with Crippen LogP contribution in [0.2, 0.25) is 0 Å². The molecule has 148 valence electrons. The van der Waals surface area contributed by atoms with Crippen LogP contribution in [-0.2, 0) is 11.3 Å². The third-order valence-electron chi connectivity index (χ3n) is 4.49. The Morgan fingerprint density at radius 1 is 1.29 bits per heavy atom. The van der Waals surface area contributed by atoms with Gasteiger partial charge in [0.1, 0.15) is 11.4 Å². The molecule has 0 spiro atoms. The van der Waals surface area contributed by atoms with Gasteiger partial charge in [-0.25, -0.2) is 4.39 Å². The average molecular weight is 387 g/mol. The van der Waals surface area contributed by atoms with Gasteiger partial charge in [0.05, 0.1) is 24.3 Å². The van der Waals surface area contributed by atoms with Gasteiger partial charge in [0, 0.05) is 19.9 Å². The smallest absolute Gasteiger partial charge is 0.263 e. The summed E-state index contributed by atoms with van der Waals surface area (Å²) in [5, 5.41) is 5.24. The number of benzene rings is 1. The molecule has 2 amide bonds. The van der Waals surface area contributed by atoms with Crippen LogP contribution < -0.4 is 16.2 Å². The lowest BCUT2D eigenvalue weighted by Crippen LogP contribution is -2.35. The van der Waals surface area contributed by atoms with Crippen molar-refractivity contribution in [3.05, 3.63) is 69.4 Å². The van der Waals surface area contributed by atoms with Gasteiger partial charge in [-0.3, -0.25) is 14.4 Å². The number of rotatable bonds is 7. The fourth-order valence-electron chi connectivity index (χ4n) is 2.98. The van der Waals surface area contributed by atoms with E-state index in [0.717, 1.165) is 6.42 Å². The minimum absolute atomic E-state index is 0.00874. The Balaban J connectivity index is 1.90. The van der Waals surface area contributed by atoms with Crippen molar-refractivity contribution in [3.63, 3.8) is 0 Å². The second kappa shape index (κ2) is 8.35. The van der Waals surface area contributed by atoms with Gasteiger partial charge in [0.25, 0.3) is 17.4 Å². The average Bonchev–Trinajstić information content (AvgIpc) is 3.40. The van der Waals surface area contributed by atoms with Crippen molar-refractivity contribution in [1.29, 1.82) is 0 Å². The Morgan fingerprint density at radius 3 is 2.75 bits per heavy atom. The van der Waals surface area contributed by atoms with Crippen molar-refractivity contribution in [1.82, 2.24) is 15.2 Å². The van der Waals surface area contributed by atoms with Crippen LogP contribution in [0.3, 0.4) is 0 Å². The highest BCUT2D eigenvalue weighted by Gasteiger charge is 2.39. The quantitative estimate of drug-likeness (QED) is 0.750. The van der Waals surface area contributed by atoms with Crippen molar-refractivity contribution in [2.45, 2.75) is 32.0 Å². The number of carbonyl (C=O) groups excluding carboxylic acids is 2. The second-order valence-corrected chi connectivity index (χ2v) is 6.59. The first kappa shape index (κ1) is 19.8. The number of nitrogens with zero attached hydrogens (tertiary/aromatic N) is 1. The highest BCUT2D eigenvalue weighted by atomic mass is 19.1. The van der Waals surface area contributed by atoms with Crippen molar-refractivity contribution < 1.29 is 18.7 Å². The Bertz CT molecular complexity index is 957. The molecule has 1 aliphatic carbocycles. The van der Waals surface area contributed by atoms with Crippen LogP contribution in [0.15, 0.2) is 41.3 Å². The third kappa shape index (κ3) is 4.45. The van der Waals surface area contributed by atoms with Gasteiger partial charge in [-0.05, 0) is 37.1 Å². The molecule has 7 nitrogen and oxygen atoms in total. The van der Waals surface area contributed by atoms with Gasteiger partial charge in [-0.15, -0.1) is 0 Å². The number of carbonyl (C=O) groups is 2. The van der Waals surface area contributed by atoms with Gasteiger partial charge in [0.2, 0.25) is 0 Å². The minimum atomic E-state index is -0.591. The summed E-state index contributed by atoms with van der Waals surface area (Å²) in [6.07, 6.45) is 2.10. The topological polar surface area (TPSA) is 89.4 Å². The zero-order valence-corrected chi connectivity index (χ0v) is 15.7. The SMILES string of the molecule is CCO[C@H]1C[C@H]1NC(=O)c1cc(C(=O)NC)c(=O)n(Cc2cccc(F)c2)c1. The molecule has 0 aliphatic heterocycles. The van der Waals surface area contributed by atoms with Crippen LogP contribution in [0.5, 0.6) is 0 Å². The van der Waals surface area contributed by atoms with Crippen molar-refractivity contribution >= 4 is 11.8 Å². The van der Waals surface area contributed by atoms with Gasteiger partial charge in [-0.1, -0.05) is 12.1 Å². The third-order valence-corrected chi connectivity index (χ3v) is 4.49. The highest BCUT2D eigenvalue weighted by Crippen LogP contribution is 2.25. The standard InChI is InChI=1S/C20H22FN3O4/c1-3-28-17-9-16(17)23-18(25)13-8-15(19(26)22-2)20(27)24(11-13)10-12-5-4-6-14(21)7-12/h4-8,11,16-17H,3,9-10H2,1-2H3,(H,22,26)(H,23,25)/t16-,17+/m1/s1. The molecule has 0 bridgehead atoms. The maximum atomic E-state index is 13.5. The summed E-state index contributed by atoms with van der Waals surface area (Å²) in [5.74, 6) is -1.42. The van der Waals surface area contributed by atoms with E-state index < -0.39 is 23.2 Å². The number of hydrogen-bond acceptors (Lipinski definition) is 4. The minimum Gasteiger partial charge on any atom is -0.376 e. The first-order chi connectivity index (χ1) is 13.4. The van der Waals surface area contributed by atoms with E-state index in [1.165, 1.54) is 42.1 Å². The molecular weight excluding hydrogens is 365 g/mol. The Kier molecular flexibility index (Phi) is 5.89. The lowest BCUT2D eigenvalue weighted by molar-refractivity contribution is 0.0914. The number of aromatic nitrogens is 1. The molecule has 0 radical (unpaired) electrons. The van der Waals surface area contributed by atoms with E-state index in [0.29, 0.717) is 12.2 Å². The molecule has 0 saturated heterocycles. The summed E-state index contributed by atoms with van der Waals surface area (Å²) >= 11 is 0. The molecule has 28 heavy (non-hydrogen) atoms. The van der Waals surface area contributed by atoms with E-state index in [1.54, 1.807) is 6.07 Å². The molecule has 1 aliphatic rings. The lowest BCUT2D eigenvalue weighted by Gasteiger charge is -2.12. The number of ether oxygens (including phenoxy) is 1. The zero-order valence-electron chi connectivity index (χ0n) is 15.7. The van der Waals surface area contributed by atoms with Gasteiger partial charge >= 0.3 is 0 Å². The molecule has 8 heteroatoms. The van der Waals surface area contributed by atoms with E-state index in [4.69, 9.17) is 4.74 Å². The van der Waals surface area contributed by atoms with Crippen LogP contribution in [0.25, 0.3) is 0 Å². The summed E-state index contributed by atoms with van der Waals surface area (Å²) in [5.41, 5.74) is 0.0142. The highest BCUT2D eigenvalue weighted by molar-refractivity contribution is 5.99. The van der Waals surface area contributed by atoms with Crippen molar-refractivity contribution in [2.75, 3.05) is 13.7 Å². The number of hydrogen-bond donors (Lipinski definition) is 2. The van der Waals surface area contributed by atoms with E-state index in [1.807, 2.05) is 6.92 Å². The summed E-state index contributed by atoms with van der Waals surface area (Å²) in [7, 11) is 1.41. The number of amides is 2. The predicted octanol–water partition coefficient (Wildman–Crippen LogP) is 1.30. The first-order valence-electron chi connectivity index (χ1n) is 9.06. The van der Waals surface area contributed by atoms with Crippen LogP contribution in [-0.4, -0.2) is 42.2 Å². The lowest BCUT2D eigenvalue weighted by atomic mass is 10.1. The van der Waals surface area contributed by atoms with Gasteiger partial charge < -0.3 is 19.9 Å². The molecule has 1 aromatic heterocycles. The Morgan fingerprint density at radius 2 is 2.07 bits per heavy atom. The zero-order chi connectivity index (χ0) is 20.3. The Labute approximate surface area is 161 Å². The van der Waals surface area contributed by atoms with Gasteiger partial charge in [0.15, 0.2) is 0 Å². The van der Waals surface area contributed by atoms with E-state index in [9.17, 15) is 18.8 Å². The number of pyridine rings is 1. The molecule has 1 fully saturated rings. The Hall–Kier alpha value is -3.00. The summed E-state index contributed by atoms with van der Waals surface area (Å²) < 4.78 is 20.1. The van der Waals surface area contributed by atoms with E-state index in [2.05, 4.69) is 10.6 Å². The normalized spacial score (nSPS) is 17.8. The molecule has 1 heterocycles. The fourth-order valence-corrected chi connectivity index (χ4v) is 2.98. The van der Waals surface area contributed by atoms with E-state index >= 15 is 0 Å². The van der Waals surface area contributed by atoms with Crippen LogP contribution in [0.4, 0.5) is 4.39 Å². The summed E-state index contributed by atoms with van der Waals surface area (Å²) in [4.78, 5) is 37.4. The maximum absolute atomic E-state index is 13.5. The first-order valence-corrected chi connectivity index (χ1v) is 9.06. The molecule has 0 unspecified atom stereocenters. The number of nitrogens with one attached hydrogen (secondary N) is 2. The van der Waals surface area contributed by atoms with Crippen LogP contribution in [0, 0.1) is 5.82 Å². The number of halogens is 1. The fraction of sp³-hybridized carbons (Fsp3) is 0.350. The molecule has 1 aromatic carbocycles. The van der Waals surface area contributed by atoms with Crippen molar-refractivity contribution in [2.24, 2.45) is 0 Å². The van der Waals surface area contributed by atoms with Crippen LogP contribution >= 0.6 is 0 Å². The van der Waals surface area contributed by atoms with E-state index in [-0.39, 0.29) is 29.8 Å². The molecule has 3 rings (SSSR count). The van der Waals surface area contributed by atoms with Crippen LogP contribution in [0.1, 0.15) is 39.6 Å². The van der Waals surface area contributed by atoms with Gasteiger partial charge in [-0.2, -0.15) is 0 Å².